The number of piperidine rings is 1. The molecule has 0 amide bonds. The Balaban J connectivity index is 1.81. The van der Waals surface area contributed by atoms with Gasteiger partial charge in [0.25, 0.3) is 0 Å². The maximum atomic E-state index is 5.52. The summed E-state index contributed by atoms with van der Waals surface area (Å²) in [6, 6.07) is 0.520. The monoisotopic (exact) mass is 236 g/mol. The fraction of sp³-hybridized carbons (Fsp3) is 0.818. The van der Waals surface area contributed by atoms with Crippen LogP contribution < -0.4 is 16.4 Å². The molecule has 0 saturated carbocycles. The highest BCUT2D eigenvalue weighted by atomic mass is 15.4. The summed E-state index contributed by atoms with van der Waals surface area (Å²) in [6.07, 6.45) is 2.99. The summed E-state index contributed by atoms with van der Waals surface area (Å²) < 4.78 is 2.10. The highest BCUT2D eigenvalue weighted by molar-refractivity contribution is 5.29. The number of nitrogens with two attached hydrogens (primary N) is 1. The van der Waals surface area contributed by atoms with E-state index >= 15 is 0 Å². The van der Waals surface area contributed by atoms with E-state index in [0.29, 0.717) is 18.5 Å². The van der Waals surface area contributed by atoms with Crippen LogP contribution in [0.5, 0.6) is 0 Å². The van der Waals surface area contributed by atoms with Gasteiger partial charge in [-0.1, -0.05) is 0 Å². The molecule has 3 heterocycles. The van der Waals surface area contributed by atoms with Gasteiger partial charge < -0.3 is 16.4 Å². The third-order valence-corrected chi connectivity index (χ3v) is 3.68. The van der Waals surface area contributed by atoms with Crippen LogP contribution in [0.2, 0.25) is 0 Å². The highest BCUT2D eigenvalue weighted by Crippen LogP contribution is 2.30. The second kappa shape index (κ2) is 4.62. The number of hydrogen-bond acceptors (Lipinski definition) is 5. The van der Waals surface area contributed by atoms with Crippen LogP contribution in [0.3, 0.4) is 0 Å². The van der Waals surface area contributed by atoms with Crippen molar-refractivity contribution < 1.29 is 0 Å². The molecule has 0 aliphatic carbocycles. The van der Waals surface area contributed by atoms with Crippen LogP contribution in [0.4, 0.5) is 5.95 Å². The molecule has 0 aromatic carbocycles. The Morgan fingerprint density at radius 2 is 2.35 bits per heavy atom. The predicted octanol–water partition coefficient (Wildman–Crippen LogP) is -0.254. The molecule has 1 fully saturated rings. The van der Waals surface area contributed by atoms with Crippen LogP contribution in [0, 0.1) is 5.92 Å². The lowest BCUT2D eigenvalue weighted by molar-refractivity contribution is 0.236. The maximum Gasteiger partial charge on any atom is 0.221 e. The average molecular weight is 236 g/mol. The largest absolute Gasteiger partial charge is 0.354 e. The van der Waals surface area contributed by atoms with Gasteiger partial charge in [-0.25, -0.2) is 4.68 Å². The lowest BCUT2D eigenvalue weighted by Crippen LogP contribution is -2.44. The number of anilines is 1. The molecule has 1 aromatic heterocycles. The topological polar surface area (TPSA) is 80.8 Å². The van der Waals surface area contributed by atoms with E-state index in [-0.39, 0.29) is 0 Å². The molecule has 2 aliphatic rings. The van der Waals surface area contributed by atoms with Gasteiger partial charge in [0.15, 0.2) is 5.82 Å². The fourth-order valence-electron chi connectivity index (χ4n) is 2.75. The third kappa shape index (κ3) is 2.02. The number of rotatable bonds is 3. The van der Waals surface area contributed by atoms with Gasteiger partial charge in [0.2, 0.25) is 5.95 Å². The van der Waals surface area contributed by atoms with Crippen LogP contribution in [0.15, 0.2) is 0 Å². The summed E-state index contributed by atoms with van der Waals surface area (Å²) in [5.74, 6) is 2.51. The van der Waals surface area contributed by atoms with E-state index in [1.54, 1.807) is 0 Å². The van der Waals surface area contributed by atoms with Crippen molar-refractivity contribution in [1.29, 1.82) is 0 Å². The standard InChI is InChI=1S/C11H20N6/c12-4-1-2-10-15-11-14-7-8-6-13-5-3-9(8)17(11)16-10/h8-9,13H,1-7,12H2,(H,14,15,16). The molecule has 0 radical (unpaired) electrons. The van der Waals surface area contributed by atoms with E-state index in [1.807, 2.05) is 0 Å². The molecule has 2 aliphatic heterocycles. The van der Waals surface area contributed by atoms with Crippen LogP contribution in [-0.2, 0) is 6.42 Å². The fourth-order valence-corrected chi connectivity index (χ4v) is 2.75. The lowest BCUT2D eigenvalue weighted by Gasteiger charge is -2.36. The molecule has 2 unspecified atom stereocenters. The van der Waals surface area contributed by atoms with Crippen molar-refractivity contribution >= 4 is 5.95 Å². The number of nitrogens with zero attached hydrogens (tertiary/aromatic N) is 3. The maximum absolute atomic E-state index is 5.52. The molecule has 0 bridgehead atoms. The third-order valence-electron chi connectivity index (χ3n) is 3.68. The van der Waals surface area contributed by atoms with E-state index in [1.165, 1.54) is 0 Å². The van der Waals surface area contributed by atoms with Gasteiger partial charge in [-0.2, -0.15) is 10.1 Å². The second-order valence-electron chi connectivity index (χ2n) is 4.89. The normalized spacial score (nSPS) is 27.1. The summed E-state index contributed by atoms with van der Waals surface area (Å²) in [6.45, 7) is 3.87. The molecule has 17 heavy (non-hydrogen) atoms. The molecule has 1 saturated heterocycles. The summed E-state index contributed by atoms with van der Waals surface area (Å²) in [7, 11) is 0. The Bertz CT molecular complexity index is 387. The van der Waals surface area contributed by atoms with E-state index in [0.717, 1.165) is 50.7 Å². The summed E-state index contributed by atoms with van der Waals surface area (Å²) in [5.41, 5.74) is 5.52. The zero-order valence-corrected chi connectivity index (χ0v) is 10.0. The number of nitrogens with one attached hydrogen (secondary N) is 2. The zero-order chi connectivity index (χ0) is 11.7. The van der Waals surface area contributed by atoms with Crippen molar-refractivity contribution in [2.75, 3.05) is 31.5 Å². The Labute approximate surface area is 101 Å². The van der Waals surface area contributed by atoms with E-state index in [4.69, 9.17) is 5.73 Å². The first-order valence-corrected chi connectivity index (χ1v) is 6.48. The molecule has 6 heteroatoms. The smallest absolute Gasteiger partial charge is 0.221 e. The van der Waals surface area contributed by atoms with Gasteiger partial charge in [-0.05, 0) is 25.9 Å². The van der Waals surface area contributed by atoms with Gasteiger partial charge in [0, 0.05) is 25.4 Å². The number of aromatic nitrogens is 3. The van der Waals surface area contributed by atoms with Crippen molar-refractivity contribution in [3.63, 3.8) is 0 Å². The Kier molecular flexibility index (Phi) is 2.98. The van der Waals surface area contributed by atoms with Crippen LogP contribution >= 0.6 is 0 Å². The van der Waals surface area contributed by atoms with Gasteiger partial charge in [-0.3, -0.25) is 0 Å². The minimum absolute atomic E-state index is 0.520. The molecule has 1 aromatic rings. The van der Waals surface area contributed by atoms with Crippen molar-refractivity contribution in [1.82, 2.24) is 20.1 Å². The number of aryl methyl sites for hydroxylation is 1. The van der Waals surface area contributed by atoms with Crippen LogP contribution in [0.1, 0.15) is 24.7 Å². The van der Waals surface area contributed by atoms with Gasteiger partial charge in [0.05, 0.1) is 6.04 Å². The number of hydrogen-bond donors (Lipinski definition) is 3. The highest BCUT2D eigenvalue weighted by Gasteiger charge is 2.33. The summed E-state index contributed by atoms with van der Waals surface area (Å²) in [5, 5.41) is 11.4. The van der Waals surface area contributed by atoms with Crippen LogP contribution in [0.25, 0.3) is 0 Å². The Morgan fingerprint density at radius 1 is 1.41 bits per heavy atom. The predicted molar refractivity (Wildman–Crippen MR) is 65.9 cm³/mol. The van der Waals surface area contributed by atoms with Crippen molar-refractivity contribution in [3.05, 3.63) is 5.82 Å². The molecular formula is C11H20N6. The van der Waals surface area contributed by atoms with Crippen molar-refractivity contribution in [2.24, 2.45) is 11.7 Å². The van der Waals surface area contributed by atoms with Gasteiger partial charge in [-0.15, -0.1) is 0 Å². The lowest BCUT2D eigenvalue weighted by atomic mass is 9.92. The summed E-state index contributed by atoms with van der Waals surface area (Å²) in [4.78, 5) is 4.54. The minimum atomic E-state index is 0.520. The molecule has 0 spiro atoms. The quantitative estimate of drug-likeness (QED) is 0.674. The molecule has 3 rings (SSSR count). The minimum Gasteiger partial charge on any atom is -0.354 e. The molecule has 2 atom stereocenters. The number of fused-ring (bicyclic) bond motifs is 3. The van der Waals surface area contributed by atoms with E-state index < -0.39 is 0 Å². The Hall–Kier alpha value is -1.14. The van der Waals surface area contributed by atoms with Gasteiger partial charge in [0.1, 0.15) is 0 Å². The van der Waals surface area contributed by atoms with Crippen LogP contribution in [-0.4, -0.2) is 40.9 Å². The van der Waals surface area contributed by atoms with E-state index in [9.17, 15) is 0 Å². The van der Waals surface area contributed by atoms with Gasteiger partial charge >= 0.3 is 0 Å². The average Bonchev–Trinajstić information content (AvgIpc) is 2.79. The molecule has 4 N–H and O–H groups in total. The van der Waals surface area contributed by atoms with Crippen molar-refractivity contribution in [3.8, 4) is 0 Å². The first kappa shape index (κ1) is 11.0. The molecule has 6 nitrogen and oxygen atoms in total. The molecule has 94 valence electrons. The second-order valence-corrected chi connectivity index (χ2v) is 4.89. The Morgan fingerprint density at radius 3 is 3.24 bits per heavy atom. The zero-order valence-electron chi connectivity index (χ0n) is 10.0. The SMILES string of the molecule is NCCCc1nc2n(n1)C1CCNCC1CN2. The van der Waals surface area contributed by atoms with Crippen molar-refractivity contribution in [2.45, 2.75) is 25.3 Å². The van der Waals surface area contributed by atoms with E-state index in [2.05, 4.69) is 25.4 Å². The molecular weight excluding hydrogens is 216 g/mol. The first-order chi connectivity index (χ1) is 8.38. The summed E-state index contributed by atoms with van der Waals surface area (Å²) >= 11 is 0. The first-order valence-electron chi connectivity index (χ1n) is 6.48.